The van der Waals surface area contributed by atoms with E-state index < -0.39 is 0 Å². The topological polar surface area (TPSA) is 76.0 Å². The number of hydrogen-bond donors (Lipinski definition) is 0. The van der Waals surface area contributed by atoms with E-state index in [4.69, 9.17) is 18.9 Å². The van der Waals surface area contributed by atoms with Crippen molar-refractivity contribution in [3.63, 3.8) is 0 Å². The lowest BCUT2D eigenvalue weighted by Gasteiger charge is -2.22. The molecule has 4 rings (SSSR count). The Hall–Kier alpha value is -4.00. The smallest absolute Gasteiger partial charge is 0.263 e. The first-order chi connectivity index (χ1) is 15.0. The number of aromatic nitrogens is 1. The summed E-state index contributed by atoms with van der Waals surface area (Å²) in [6, 6.07) is 13.6. The average molecular weight is 419 g/mol. The van der Waals surface area contributed by atoms with Gasteiger partial charge in [-0.05, 0) is 47.5 Å². The Morgan fingerprint density at radius 1 is 0.645 bits per heavy atom. The van der Waals surface area contributed by atoms with E-state index in [1.165, 1.54) is 33.0 Å². The normalized spacial score (nSPS) is 13.2. The second-order valence-electron chi connectivity index (χ2n) is 6.79. The van der Waals surface area contributed by atoms with Gasteiger partial charge in [0.2, 0.25) is 5.78 Å². The van der Waals surface area contributed by atoms with Gasteiger partial charge in [0.15, 0.2) is 23.0 Å². The van der Waals surface area contributed by atoms with E-state index in [1.54, 1.807) is 54.7 Å². The summed E-state index contributed by atoms with van der Waals surface area (Å²) >= 11 is 0. The Morgan fingerprint density at radius 2 is 1.16 bits per heavy atom. The van der Waals surface area contributed by atoms with Crippen molar-refractivity contribution in [2.75, 3.05) is 28.4 Å². The number of hydrogen-bond acceptors (Lipinski definition) is 6. The monoisotopic (exact) mass is 419 g/mol. The van der Waals surface area contributed by atoms with Crippen molar-refractivity contribution in [1.82, 2.24) is 4.57 Å². The van der Waals surface area contributed by atoms with E-state index in [2.05, 4.69) is 0 Å². The molecule has 31 heavy (non-hydrogen) atoms. The quantitative estimate of drug-likeness (QED) is 0.602. The maximum absolute atomic E-state index is 13.5. The predicted octanol–water partition coefficient (Wildman–Crippen LogP) is 3.97. The highest BCUT2D eigenvalue weighted by atomic mass is 16.5. The van der Waals surface area contributed by atoms with Crippen LogP contribution in [0.15, 0.2) is 54.7 Å². The number of fused-ring (bicyclic) bond motifs is 1. The third kappa shape index (κ3) is 3.24. The van der Waals surface area contributed by atoms with Crippen LogP contribution in [-0.4, -0.2) is 44.7 Å². The van der Waals surface area contributed by atoms with Crippen LogP contribution < -0.4 is 18.9 Å². The SMILES string of the molecule is COc1ccc(C2=C(c3ccc(OC)c(OC)c3)C(=O)n3cccc3C2=O)cc1OC. The zero-order chi connectivity index (χ0) is 22.1. The number of methoxy groups -OCH3 is 4. The molecule has 2 heterocycles. The minimum absolute atomic E-state index is 0.262. The summed E-state index contributed by atoms with van der Waals surface area (Å²) in [5, 5.41) is 0. The predicted molar refractivity (Wildman–Crippen MR) is 115 cm³/mol. The van der Waals surface area contributed by atoms with Crippen molar-refractivity contribution in [3.05, 3.63) is 71.5 Å². The van der Waals surface area contributed by atoms with Crippen LogP contribution in [0.4, 0.5) is 0 Å². The summed E-state index contributed by atoms with van der Waals surface area (Å²) in [6.45, 7) is 0. The fourth-order valence-electron chi connectivity index (χ4n) is 3.74. The van der Waals surface area contributed by atoms with Crippen LogP contribution in [0.1, 0.15) is 26.4 Å². The summed E-state index contributed by atoms with van der Waals surface area (Å²) in [5.41, 5.74) is 1.94. The number of benzene rings is 2. The molecular weight excluding hydrogens is 398 g/mol. The van der Waals surface area contributed by atoms with Crippen LogP contribution in [0, 0.1) is 0 Å². The highest BCUT2D eigenvalue weighted by molar-refractivity contribution is 6.47. The van der Waals surface area contributed by atoms with Crippen LogP contribution in [0.3, 0.4) is 0 Å². The maximum Gasteiger partial charge on any atom is 0.263 e. The van der Waals surface area contributed by atoms with Gasteiger partial charge in [0.25, 0.3) is 5.91 Å². The summed E-state index contributed by atoms with van der Waals surface area (Å²) in [5.74, 6) is 1.39. The van der Waals surface area contributed by atoms with Crippen LogP contribution >= 0.6 is 0 Å². The molecule has 1 aliphatic rings. The van der Waals surface area contributed by atoms with E-state index in [0.717, 1.165) is 0 Å². The van der Waals surface area contributed by atoms with Gasteiger partial charge in [-0.2, -0.15) is 0 Å². The fraction of sp³-hybridized carbons (Fsp3) is 0.167. The molecule has 0 amide bonds. The molecule has 0 saturated heterocycles. The molecule has 0 bridgehead atoms. The van der Waals surface area contributed by atoms with Gasteiger partial charge in [0, 0.05) is 11.8 Å². The first-order valence-electron chi connectivity index (χ1n) is 9.49. The van der Waals surface area contributed by atoms with Crippen LogP contribution in [-0.2, 0) is 0 Å². The highest BCUT2D eigenvalue weighted by Crippen LogP contribution is 2.40. The van der Waals surface area contributed by atoms with Gasteiger partial charge >= 0.3 is 0 Å². The third-order valence-electron chi connectivity index (χ3n) is 5.24. The molecule has 0 fully saturated rings. The molecule has 0 radical (unpaired) electrons. The average Bonchev–Trinajstić information content (AvgIpc) is 3.31. The van der Waals surface area contributed by atoms with Crippen LogP contribution in [0.25, 0.3) is 11.1 Å². The van der Waals surface area contributed by atoms with Gasteiger partial charge < -0.3 is 18.9 Å². The highest BCUT2D eigenvalue weighted by Gasteiger charge is 2.34. The zero-order valence-corrected chi connectivity index (χ0v) is 17.6. The lowest BCUT2D eigenvalue weighted by Crippen LogP contribution is -2.26. The molecule has 0 N–H and O–H groups in total. The molecule has 0 saturated carbocycles. The van der Waals surface area contributed by atoms with Gasteiger partial charge in [-0.15, -0.1) is 0 Å². The van der Waals surface area contributed by atoms with Crippen molar-refractivity contribution in [1.29, 1.82) is 0 Å². The van der Waals surface area contributed by atoms with Gasteiger partial charge in [0.1, 0.15) is 0 Å². The number of rotatable bonds is 6. The van der Waals surface area contributed by atoms with Crippen molar-refractivity contribution in [2.45, 2.75) is 0 Å². The Kier molecular flexibility index (Phi) is 5.25. The summed E-state index contributed by atoms with van der Waals surface area (Å²) in [7, 11) is 6.11. The molecule has 7 nitrogen and oxygen atoms in total. The maximum atomic E-state index is 13.5. The largest absolute Gasteiger partial charge is 0.493 e. The molecule has 0 unspecified atom stereocenters. The molecule has 0 aliphatic carbocycles. The molecular formula is C24H21NO6. The number of ketones is 1. The Balaban J connectivity index is 2.01. The van der Waals surface area contributed by atoms with E-state index in [-0.39, 0.29) is 22.8 Å². The minimum atomic E-state index is -0.309. The second kappa shape index (κ2) is 8.02. The van der Waals surface area contributed by atoms with Crippen LogP contribution in [0.5, 0.6) is 23.0 Å². The minimum Gasteiger partial charge on any atom is -0.493 e. The summed E-state index contributed by atoms with van der Waals surface area (Å²) in [6.07, 6.45) is 1.59. The van der Waals surface area contributed by atoms with E-state index >= 15 is 0 Å². The Bertz CT molecular complexity index is 1130. The van der Waals surface area contributed by atoms with Gasteiger partial charge in [0.05, 0.1) is 39.7 Å². The van der Waals surface area contributed by atoms with E-state index in [1.807, 2.05) is 0 Å². The molecule has 2 aromatic carbocycles. The molecule has 0 spiro atoms. The van der Waals surface area contributed by atoms with Gasteiger partial charge in [-0.3, -0.25) is 14.2 Å². The standard InChI is InChI=1S/C24H21NO6/c1-28-17-9-7-14(12-19(17)30-3)21-22(15-8-10-18(29-2)20(13-15)31-4)24(27)25-11-5-6-16(25)23(21)26/h5-13H,1-4H3. The summed E-state index contributed by atoms with van der Waals surface area (Å²) in [4.78, 5) is 26.9. The molecule has 1 aliphatic heterocycles. The fourth-order valence-corrected chi connectivity index (χ4v) is 3.74. The molecule has 158 valence electrons. The number of ether oxygens (including phenoxy) is 4. The second-order valence-corrected chi connectivity index (χ2v) is 6.79. The number of carbonyl (C=O) groups is 2. The number of nitrogens with zero attached hydrogens (tertiary/aromatic N) is 1. The van der Waals surface area contributed by atoms with Gasteiger partial charge in [-0.25, -0.2) is 0 Å². The Morgan fingerprint density at radius 3 is 1.68 bits per heavy atom. The van der Waals surface area contributed by atoms with Crippen molar-refractivity contribution >= 4 is 22.8 Å². The molecule has 7 heteroatoms. The first kappa shape index (κ1) is 20.3. The van der Waals surface area contributed by atoms with Gasteiger partial charge in [-0.1, -0.05) is 12.1 Å². The lowest BCUT2D eigenvalue weighted by molar-refractivity contribution is 0.0942. The van der Waals surface area contributed by atoms with E-state index in [0.29, 0.717) is 39.8 Å². The summed E-state index contributed by atoms with van der Waals surface area (Å²) < 4.78 is 22.8. The van der Waals surface area contributed by atoms with Crippen molar-refractivity contribution in [2.24, 2.45) is 0 Å². The first-order valence-corrected chi connectivity index (χ1v) is 9.49. The number of allylic oxidation sites excluding steroid dienone is 2. The lowest BCUT2D eigenvalue weighted by atomic mass is 9.87. The molecule has 1 aromatic heterocycles. The molecule has 0 atom stereocenters. The number of Topliss-reactive ketones (excluding diaryl/α,β-unsaturated/α-hetero) is 1. The zero-order valence-electron chi connectivity index (χ0n) is 17.6. The third-order valence-corrected chi connectivity index (χ3v) is 5.24. The van der Waals surface area contributed by atoms with Crippen LogP contribution in [0.2, 0.25) is 0 Å². The molecule has 3 aromatic rings. The van der Waals surface area contributed by atoms with Crippen molar-refractivity contribution in [3.8, 4) is 23.0 Å². The van der Waals surface area contributed by atoms with E-state index in [9.17, 15) is 9.59 Å². The Labute approximate surface area is 179 Å². The van der Waals surface area contributed by atoms with Crippen molar-refractivity contribution < 1.29 is 28.5 Å². The number of carbonyl (C=O) groups excluding carboxylic acids is 2.